The van der Waals surface area contributed by atoms with E-state index in [2.05, 4.69) is 9.97 Å². The zero-order valence-electron chi connectivity index (χ0n) is 17.7. The van der Waals surface area contributed by atoms with Crippen LogP contribution in [-0.2, 0) is 19.5 Å². The molecular weight excluding hydrogens is 467 g/mol. The summed E-state index contributed by atoms with van der Waals surface area (Å²) in [7, 11) is -4.19. The van der Waals surface area contributed by atoms with E-state index in [1.54, 1.807) is 24.3 Å². The molecule has 0 atom stereocenters. The Morgan fingerprint density at radius 3 is 2.71 bits per heavy atom. The number of hydrogen-bond donors (Lipinski definition) is 2. The highest BCUT2D eigenvalue weighted by atomic mass is 32.2. The first kappa shape index (κ1) is 23.4. The smallest absolute Gasteiger partial charge is 0.338 e. The number of carbonyl (C=O) groups is 1. The summed E-state index contributed by atoms with van der Waals surface area (Å²) >= 11 is 0. The van der Waals surface area contributed by atoms with Crippen LogP contribution in [0.25, 0.3) is 16.6 Å². The number of nitriles is 1. The van der Waals surface area contributed by atoms with E-state index in [0.717, 1.165) is 22.5 Å². The number of nitrogens with zero attached hydrogens (tertiary/aromatic N) is 3. The molecule has 12 heteroatoms. The zero-order chi connectivity index (χ0) is 24.3. The van der Waals surface area contributed by atoms with Gasteiger partial charge in [-0.1, -0.05) is 12.1 Å². The predicted molar refractivity (Wildman–Crippen MR) is 118 cm³/mol. The van der Waals surface area contributed by atoms with Gasteiger partial charge in [-0.15, -0.1) is 0 Å². The number of fused-ring (bicyclic) bond motifs is 1. The van der Waals surface area contributed by atoms with Gasteiger partial charge in [0.05, 0.1) is 29.8 Å². The van der Waals surface area contributed by atoms with Crippen molar-refractivity contribution < 1.29 is 32.2 Å². The number of carbonyl (C=O) groups excluding carboxylic acids is 1. The second-order valence-corrected chi connectivity index (χ2v) is 9.18. The van der Waals surface area contributed by atoms with Crippen LogP contribution < -0.4 is 0 Å². The molecule has 1 aliphatic rings. The third kappa shape index (κ3) is 4.62. The van der Waals surface area contributed by atoms with E-state index < -0.39 is 39.1 Å². The van der Waals surface area contributed by atoms with Gasteiger partial charge in [-0.05, 0) is 30.3 Å². The van der Waals surface area contributed by atoms with Crippen LogP contribution in [0.2, 0.25) is 0 Å². The third-order valence-corrected chi connectivity index (χ3v) is 7.03. The second-order valence-electron chi connectivity index (χ2n) is 7.27. The van der Waals surface area contributed by atoms with Crippen molar-refractivity contribution in [1.82, 2.24) is 14.3 Å². The van der Waals surface area contributed by atoms with Crippen LogP contribution in [0.15, 0.2) is 53.1 Å². The first-order valence-electron chi connectivity index (χ1n) is 10.1. The summed E-state index contributed by atoms with van der Waals surface area (Å²) in [4.78, 5) is 18.9. The molecule has 3 aromatic rings. The Morgan fingerprint density at radius 2 is 2.00 bits per heavy atom. The maximum absolute atomic E-state index is 14.3. The van der Waals surface area contributed by atoms with E-state index in [1.165, 1.54) is 0 Å². The maximum atomic E-state index is 14.3. The van der Waals surface area contributed by atoms with Crippen LogP contribution >= 0.6 is 0 Å². The molecule has 10 nitrogen and oxygen atoms in total. The lowest BCUT2D eigenvalue weighted by molar-refractivity contribution is 0.0502. The number of benzene rings is 2. The molecule has 0 radical (unpaired) electrons. The summed E-state index contributed by atoms with van der Waals surface area (Å²) in [5, 5.41) is 19.8. The number of para-hydroxylation sites is 2. The first-order chi connectivity index (χ1) is 16.3. The number of aliphatic hydroxyl groups is 1. The standard InChI is InChI=1S/C22H19FN4O6S/c23-16-6-5-14(11-20(16)34(30,31)27-7-9-32-10-8-27)22(29)33-13-19(28)15(12-24)21-25-17-3-1-2-4-18(17)26-21/h1-6,11,28H,7-10,13H2,(H,25,26). The van der Waals surface area contributed by atoms with Crippen molar-refractivity contribution in [3.63, 3.8) is 0 Å². The van der Waals surface area contributed by atoms with Crippen LogP contribution in [0.4, 0.5) is 4.39 Å². The number of nitrogens with one attached hydrogen (secondary N) is 1. The number of imidazole rings is 1. The van der Waals surface area contributed by atoms with Gasteiger partial charge in [0.25, 0.3) is 0 Å². The van der Waals surface area contributed by atoms with Crippen LogP contribution in [0.1, 0.15) is 16.2 Å². The highest BCUT2D eigenvalue weighted by molar-refractivity contribution is 7.89. The van der Waals surface area contributed by atoms with E-state index in [9.17, 15) is 28.0 Å². The minimum Gasteiger partial charge on any atom is -0.507 e. The van der Waals surface area contributed by atoms with E-state index >= 15 is 0 Å². The van der Waals surface area contributed by atoms with Crippen LogP contribution in [-0.4, -0.2) is 66.7 Å². The van der Waals surface area contributed by atoms with E-state index in [0.29, 0.717) is 11.0 Å². The number of halogens is 1. The number of ether oxygens (including phenoxy) is 2. The molecule has 176 valence electrons. The molecule has 1 fully saturated rings. The van der Waals surface area contributed by atoms with Gasteiger partial charge < -0.3 is 19.6 Å². The predicted octanol–water partition coefficient (Wildman–Crippen LogP) is 2.37. The number of H-pyrrole nitrogens is 1. The average Bonchev–Trinajstić information content (AvgIpc) is 3.27. The Bertz CT molecular complexity index is 1390. The lowest BCUT2D eigenvalue weighted by atomic mass is 10.2. The van der Waals surface area contributed by atoms with Gasteiger partial charge in [-0.25, -0.2) is 22.6 Å². The molecule has 2 aromatic carbocycles. The number of aromatic nitrogens is 2. The molecular formula is C22H19FN4O6S. The molecule has 4 rings (SSSR count). The minimum atomic E-state index is -4.19. The number of esters is 1. The fourth-order valence-corrected chi connectivity index (χ4v) is 4.87. The Morgan fingerprint density at radius 1 is 1.26 bits per heavy atom. The fraction of sp³-hybridized carbons (Fsp3) is 0.227. The maximum Gasteiger partial charge on any atom is 0.338 e. The van der Waals surface area contributed by atoms with Crippen molar-refractivity contribution >= 4 is 32.6 Å². The van der Waals surface area contributed by atoms with E-state index in [1.807, 2.05) is 6.07 Å². The highest BCUT2D eigenvalue weighted by Gasteiger charge is 2.30. The number of hydrogen-bond acceptors (Lipinski definition) is 8. The molecule has 1 saturated heterocycles. The normalized spacial score (nSPS) is 15.5. The molecule has 1 aliphatic heterocycles. The number of aromatic amines is 1. The quantitative estimate of drug-likeness (QED) is 0.307. The van der Waals surface area contributed by atoms with Crippen molar-refractivity contribution in [3.05, 3.63) is 65.4 Å². The van der Waals surface area contributed by atoms with Crippen LogP contribution in [0.3, 0.4) is 0 Å². The second kappa shape index (κ2) is 9.60. The lowest BCUT2D eigenvalue weighted by Gasteiger charge is -2.26. The van der Waals surface area contributed by atoms with Crippen LogP contribution in [0, 0.1) is 17.1 Å². The average molecular weight is 486 g/mol. The topological polar surface area (TPSA) is 146 Å². The van der Waals surface area contributed by atoms with Crippen molar-refractivity contribution in [2.45, 2.75) is 4.90 Å². The minimum absolute atomic E-state index is 0.0633. The SMILES string of the molecule is N#CC(=C(O)COC(=O)c1ccc(F)c(S(=O)(=O)N2CCOCC2)c1)c1nc2ccccc2[nH]1. The van der Waals surface area contributed by atoms with Gasteiger partial charge in [-0.3, -0.25) is 0 Å². The number of sulfonamides is 1. The highest BCUT2D eigenvalue weighted by Crippen LogP contribution is 2.23. The van der Waals surface area contributed by atoms with E-state index in [-0.39, 0.29) is 43.3 Å². The summed E-state index contributed by atoms with van der Waals surface area (Å²) in [6.45, 7) is -0.190. The number of aliphatic hydroxyl groups excluding tert-OH is 1. The Balaban J connectivity index is 1.53. The Hall–Kier alpha value is -3.79. The molecule has 2 N–H and O–H groups in total. The molecule has 1 aromatic heterocycles. The summed E-state index contributed by atoms with van der Waals surface area (Å²) in [6, 6.07) is 11.6. The third-order valence-electron chi connectivity index (χ3n) is 5.12. The zero-order valence-corrected chi connectivity index (χ0v) is 18.5. The largest absolute Gasteiger partial charge is 0.507 e. The molecule has 0 spiro atoms. The van der Waals surface area contributed by atoms with Crippen molar-refractivity contribution in [2.75, 3.05) is 32.9 Å². The molecule has 2 heterocycles. The van der Waals surface area contributed by atoms with Gasteiger partial charge in [0.15, 0.2) is 11.6 Å². The number of allylic oxidation sites excluding steroid dienone is 1. The van der Waals surface area contributed by atoms with Crippen molar-refractivity contribution in [3.8, 4) is 6.07 Å². The summed E-state index contributed by atoms with van der Waals surface area (Å²) in [5.41, 5.74) is 0.771. The van der Waals surface area contributed by atoms with Crippen LogP contribution in [0.5, 0.6) is 0 Å². The summed E-state index contributed by atoms with van der Waals surface area (Å²) in [6.07, 6.45) is 0. The van der Waals surface area contributed by atoms with Crippen molar-refractivity contribution in [2.24, 2.45) is 0 Å². The molecule has 0 bridgehead atoms. The lowest BCUT2D eigenvalue weighted by Crippen LogP contribution is -2.41. The van der Waals surface area contributed by atoms with E-state index in [4.69, 9.17) is 9.47 Å². The number of morpholine rings is 1. The first-order valence-corrected chi connectivity index (χ1v) is 11.6. The monoisotopic (exact) mass is 486 g/mol. The van der Waals surface area contributed by atoms with Gasteiger partial charge in [0.2, 0.25) is 10.0 Å². The Kier molecular flexibility index (Phi) is 6.60. The van der Waals surface area contributed by atoms with Gasteiger partial charge in [0.1, 0.15) is 29.0 Å². The Labute approximate surface area is 193 Å². The van der Waals surface area contributed by atoms with Crippen molar-refractivity contribution in [1.29, 1.82) is 5.26 Å². The van der Waals surface area contributed by atoms with Gasteiger partial charge in [-0.2, -0.15) is 9.57 Å². The fourth-order valence-electron chi connectivity index (χ4n) is 3.37. The number of rotatable bonds is 6. The summed E-state index contributed by atoms with van der Waals surface area (Å²) in [5.74, 6) is -2.48. The molecule has 0 amide bonds. The molecule has 0 aliphatic carbocycles. The summed E-state index contributed by atoms with van der Waals surface area (Å²) < 4.78 is 51.2. The molecule has 34 heavy (non-hydrogen) atoms. The van der Waals surface area contributed by atoms with Gasteiger partial charge >= 0.3 is 5.97 Å². The molecule has 0 saturated carbocycles. The van der Waals surface area contributed by atoms with Gasteiger partial charge in [0, 0.05) is 13.1 Å². The molecule has 0 unspecified atom stereocenters.